The molecule has 32 heavy (non-hydrogen) atoms. The van der Waals surface area contributed by atoms with E-state index in [4.69, 9.17) is 0 Å². The maximum atomic E-state index is 13.6. The van der Waals surface area contributed by atoms with E-state index in [0.29, 0.717) is 55.6 Å². The van der Waals surface area contributed by atoms with Crippen LogP contribution >= 0.6 is 0 Å². The zero-order valence-corrected chi connectivity index (χ0v) is 17.8. The molecule has 0 saturated heterocycles. The summed E-state index contributed by atoms with van der Waals surface area (Å²) in [6, 6.07) is 15.8. The van der Waals surface area contributed by atoms with Gasteiger partial charge in [-0.25, -0.2) is 0 Å². The van der Waals surface area contributed by atoms with Gasteiger partial charge in [-0.2, -0.15) is 0 Å². The first-order valence-corrected chi connectivity index (χ1v) is 10.5. The van der Waals surface area contributed by atoms with Gasteiger partial charge in [-0.15, -0.1) is 0 Å². The molecule has 0 atom stereocenters. The monoisotopic (exact) mass is 426 g/mol. The predicted octanol–water partition coefficient (Wildman–Crippen LogP) is 4.27. The molecule has 0 radical (unpaired) electrons. The summed E-state index contributed by atoms with van der Waals surface area (Å²) in [4.78, 5) is 46.3. The van der Waals surface area contributed by atoms with E-state index < -0.39 is 5.41 Å². The van der Waals surface area contributed by atoms with Crippen LogP contribution < -0.4 is 10.9 Å². The SMILES string of the molecule is CC(C)(CCO)C(=O)c1cccc2[nH]c3cc4c(=O)c5ccccc5[nH]c4cc3c(=O)c12. The predicted molar refractivity (Wildman–Crippen MR) is 128 cm³/mol. The summed E-state index contributed by atoms with van der Waals surface area (Å²) < 4.78 is 0. The third-order valence-corrected chi connectivity index (χ3v) is 6.24. The fourth-order valence-electron chi connectivity index (χ4n) is 4.39. The summed E-state index contributed by atoms with van der Waals surface area (Å²) >= 11 is 0. The van der Waals surface area contributed by atoms with Crippen molar-refractivity contribution in [3.8, 4) is 0 Å². The second-order valence-electron chi connectivity index (χ2n) is 8.81. The Morgan fingerprint density at radius 1 is 0.812 bits per heavy atom. The van der Waals surface area contributed by atoms with Gasteiger partial charge in [0, 0.05) is 39.3 Å². The van der Waals surface area contributed by atoms with Crippen molar-refractivity contribution in [3.63, 3.8) is 0 Å². The first-order chi connectivity index (χ1) is 15.3. The number of aromatic amines is 2. The highest BCUT2D eigenvalue weighted by atomic mass is 16.3. The summed E-state index contributed by atoms with van der Waals surface area (Å²) in [5, 5.41) is 11.1. The van der Waals surface area contributed by atoms with Crippen molar-refractivity contribution in [1.82, 2.24) is 9.97 Å². The van der Waals surface area contributed by atoms with Gasteiger partial charge in [0.2, 0.25) is 0 Å². The van der Waals surface area contributed by atoms with Crippen LogP contribution in [0.25, 0.3) is 43.6 Å². The Morgan fingerprint density at radius 3 is 2.16 bits per heavy atom. The second kappa shape index (κ2) is 7.14. The molecule has 0 fully saturated rings. The molecule has 0 bridgehead atoms. The van der Waals surface area contributed by atoms with Crippen molar-refractivity contribution < 1.29 is 9.90 Å². The number of rotatable bonds is 4. The number of fused-ring (bicyclic) bond motifs is 4. The van der Waals surface area contributed by atoms with Crippen molar-refractivity contribution in [2.45, 2.75) is 20.3 Å². The molecule has 5 aromatic rings. The smallest absolute Gasteiger partial charge is 0.198 e. The van der Waals surface area contributed by atoms with Crippen LogP contribution in [0.4, 0.5) is 0 Å². The fourth-order valence-corrected chi connectivity index (χ4v) is 4.39. The van der Waals surface area contributed by atoms with E-state index in [1.54, 1.807) is 50.2 Å². The van der Waals surface area contributed by atoms with Crippen molar-refractivity contribution in [1.29, 1.82) is 0 Å². The third-order valence-electron chi connectivity index (χ3n) is 6.24. The van der Waals surface area contributed by atoms with Crippen LogP contribution in [0.1, 0.15) is 30.6 Å². The first kappa shape index (κ1) is 20.2. The fraction of sp³-hybridized carbons (Fsp3) is 0.192. The summed E-state index contributed by atoms with van der Waals surface area (Å²) in [7, 11) is 0. The Hall–Kier alpha value is -3.77. The molecule has 0 spiro atoms. The number of aliphatic hydroxyl groups is 1. The standard InChI is InChI=1S/C26H22N2O4/c1-26(2,10-11-29)25(32)15-7-5-9-19-22(15)24(31)17-13-20-16(12-21(17)28-19)23(30)14-6-3-4-8-18(14)27-20/h3-9,12-13,29H,10-11H2,1-2H3,(H,27,30)(H,28,31). The van der Waals surface area contributed by atoms with E-state index in [9.17, 15) is 19.5 Å². The molecule has 0 saturated carbocycles. The summed E-state index contributed by atoms with van der Waals surface area (Å²) in [5.74, 6) is -0.192. The number of H-pyrrole nitrogens is 2. The van der Waals surface area contributed by atoms with Crippen LogP contribution in [0.2, 0.25) is 0 Å². The largest absolute Gasteiger partial charge is 0.396 e. The maximum Gasteiger partial charge on any atom is 0.198 e. The Kier molecular flexibility index (Phi) is 4.50. The number of pyridine rings is 2. The lowest BCUT2D eigenvalue weighted by Gasteiger charge is -2.22. The highest BCUT2D eigenvalue weighted by molar-refractivity contribution is 6.12. The molecule has 3 aromatic carbocycles. The number of hydrogen-bond acceptors (Lipinski definition) is 4. The van der Waals surface area contributed by atoms with Gasteiger partial charge in [-0.1, -0.05) is 38.1 Å². The Labute approximate surface area is 182 Å². The zero-order chi connectivity index (χ0) is 22.6. The molecular formula is C26H22N2O4. The highest BCUT2D eigenvalue weighted by Gasteiger charge is 2.30. The number of ketones is 1. The second-order valence-corrected chi connectivity index (χ2v) is 8.81. The molecule has 3 N–H and O–H groups in total. The molecule has 0 unspecified atom stereocenters. The number of hydrogen-bond donors (Lipinski definition) is 3. The summed E-state index contributed by atoms with van der Waals surface area (Å²) in [5.41, 5.74) is 1.48. The van der Waals surface area contributed by atoms with E-state index in [-0.39, 0.29) is 23.2 Å². The van der Waals surface area contributed by atoms with Gasteiger partial charge >= 0.3 is 0 Å². The Balaban J connectivity index is 1.86. The lowest BCUT2D eigenvalue weighted by atomic mass is 9.80. The number of nitrogens with one attached hydrogen (secondary N) is 2. The minimum atomic E-state index is -0.808. The number of aromatic nitrogens is 2. The molecule has 0 amide bonds. The molecule has 5 rings (SSSR count). The lowest BCUT2D eigenvalue weighted by molar-refractivity contribution is 0.0796. The first-order valence-electron chi connectivity index (χ1n) is 10.5. The van der Waals surface area contributed by atoms with Crippen molar-refractivity contribution >= 4 is 49.4 Å². The lowest BCUT2D eigenvalue weighted by Crippen LogP contribution is -2.27. The molecule has 2 heterocycles. The molecule has 0 aliphatic rings. The number of para-hydroxylation sites is 1. The molecule has 6 nitrogen and oxygen atoms in total. The summed E-state index contributed by atoms with van der Waals surface area (Å²) in [6.07, 6.45) is 0.298. The van der Waals surface area contributed by atoms with Crippen LogP contribution in [-0.2, 0) is 0 Å². The van der Waals surface area contributed by atoms with Gasteiger partial charge in [-0.3, -0.25) is 14.4 Å². The molecule has 160 valence electrons. The molecule has 2 aromatic heterocycles. The highest BCUT2D eigenvalue weighted by Crippen LogP contribution is 2.29. The number of benzene rings is 3. The van der Waals surface area contributed by atoms with Gasteiger partial charge in [-0.05, 0) is 36.8 Å². The van der Waals surface area contributed by atoms with E-state index in [1.165, 1.54) is 0 Å². The van der Waals surface area contributed by atoms with Gasteiger partial charge in [0.15, 0.2) is 16.6 Å². The van der Waals surface area contributed by atoms with E-state index in [1.807, 2.05) is 18.2 Å². The van der Waals surface area contributed by atoms with Crippen LogP contribution in [0.15, 0.2) is 64.2 Å². The number of Topliss-reactive ketones (excluding diaryl/α,β-unsaturated/α-hetero) is 1. The molecule has 0 aliphatic carbocycles. The average molecular weight is 426 g/mol. The Morgan fingerprint density at radius 2 is 1.44 bits per heavy atom. The van der Waals surface area contributed by atoms with Gasteiger partial charge in [0.05, 0.1) is 21.9 Å². The van der Waals surface area contributed by atoms with E-state index >= 15 is 0 Å². The average Bonchev–Trinajstić information content (AvgIpc) is 2.78. The van der Waals surface area contributed by atoms with Gasteiger partial charge in [0.1, 0.15) is 0 Å². The third kappa shape index (κ3) is 2.95. The quantitative estimate of drug-likeness (QED) is 0.295. The van der Waals surface area contributed by atoms with Crippen molar-refractivity contribution in [3.05, 3.63) is 80.6 Å². The molecule has 6 heteroatoms. The number of carbonyl (C=O) groups is 1. The van der Waals surface area contributed by atoms with Crippen LogP contribution in [0.3, 0.4) is 0 Å². The minimum absolute atomic E-state index is 0.105. The number of carbonyl (C=O) groups excluding carboxylic acids is 1. The normalized spacial score (nSPS) is 12.2. The van der Waals surface area contributed by atoms with Crippen LogP contribution in [0.5, 0.6) is 0 Å². The summed E-state index contributed by atoms with van der Waals surface area (Å²) in [6.45, 7) is 3.42. The number of aliphatic hydroxyl groups excluding tert-OH is 1. The van der Waals surface area contributed by atoms with Gasteiger partial charge in [0.25, 0.3) is 0 Å². The van der Waals surface area contributed by atoms with Crippen molar-refractivity contribution in [2.24, 2.45) is 5.41 Å². The maximum absolute atomic E-state index is 13.6. The van der Waals surface area contributed by atoms with Crippen LogP contribution in [0, 0.1) is 5.41 Å². The Bertz CT molecular complexity index is 1680. The van der Waals surface area contributed by atoms with Gasteiger partial charge < -0.3 is 15.1 Å². The minimum Gasteiger partial charge on any atom is -0.396 e. The van der Waals surface area contributed by atoms with E-state index in [2.05, 4.69) is 9.97 Å². The zero-order valence-electron chi connectivity index (χ0n) is 17.8. The van der Waals surface area contributed by atoms with E-state index in [0.717, 1.165) is 0 Å². The van der Waals surface area contributed by atoms with Crippen molar-refractivity contribution in [2.75, 3.05) is 6.61 Å². The topological polar surface area (TPSA) is 103 Å². The molecule has 0 aliphatic heterocycles. The molecular weight excluding hydrogens is 404 g/mol. The van der Waals surface area contributed by atoms with Crippen LogP contribution in [-0.4, -0.2) is 27.5 Å².